The molecule has 142 valence electrons. The second-order valence-electron chi connectivity index (χ2n) is 4.83. The number of aromatic nitrogens is 1. The molecule has 0 fully saturated rings. The van der Waals surface area contributed by atoms with Crippen LogP contribution in [0.4, 0.5) is 0 Å². The quantitative estimate of drug-likeness (QED) is 0.506. The zero-order valence-electron chi connectivity index (χ0n) is 14.1. The third-order valence-corrected chi connectivity index (χ3v) is 3.28. The molecule has 0 spiro atoms. The molecule has 8 nitrogen and oxygen atoms in total. The average Bonchev–Trinajstić information content (AvgIpc) is 2.58. The molecule has 0 aliphatic rings. The van der Waals surface area contributed by atoms with Gasteiger partial charge in [-0.25, -0.2) is 9.59 Å². The van der Waals surface area contributed by atoms with Gasteiger partial charge in [-0.15, -0.1) is 0 Å². The fourth-order valence-corrected chi connectivity index (χ4v) is 1.90. The predicted octanol–water partition coefficient (Wildman–Crippen LogP) is 1.54. The number of pyridine rings is 1. The van der Waals surface area contributed by atoms with Crippen molar-refractivity contribution in [2.24, 2.45) is 0 Å². The first-order valence-electron chi connectivity index (χ1n) is 7.36. The zero-order chi connectivity index (χ0) is 18.7. The predicted molar refractivity (Wildman–Crippen MR) is 96.5 cm³/mol. The Bertz CT molecular complexity index is 652. The van der Waals surface area contributed by atoms with E-state index in [1.165, 1.54) is 5.56 Å². The second kappa shape index (κ2) is 12.6. The van der Waals surface area contributed by atoms with E-state index in [2.05, 4.69) is 23.3 Å². The summed E-state index contributed by atoms with van der Waals surface area (Å²) in [5, 5.41) is 18.7. The molecule has 0 radical (unpaired) electrons. The van der Waals surface area contributed by atoms with E-state index < -0.39 is 11.9 Å². The van der Waals surface area contributed by atoms with Crippen LogP contribution in [0.3, 0.4) is 0 Å². The van der Waals surface area contributed by atoms with Crippen molar-refractivity contribution in [3.05, 3.63) is 58.9 Å². The van der Waals surface area contributed by atoms with Crippen LogP contribution < -0.4 is 10.1 Å². The van der Waals surface area contributed by atoms with Crippen LogP contribution in [0.2, 0.25) is 5.02 Å². The van der Waals surface area contributed by atoms with E-state index in [9.17, 15) is 0 Å². The Morgan fingerprint density at radius 3 is 2.38 bits per heavy atom. The van der Waals surface area contributed by atoms with Gasteiger partial charge < -0.3 is 25.7 Å². The summed E-state index contributed by atoms with van der Waals surface area (Å²) in [6.07, 6.45) is 1.81. The average molecular weight is 385 g/mol. The summed E-state index contributed by atoms with van der Waals surface area (Å²) in [4.78, 5) is 22.5. The molecule has 2 aromatic rings. The normalized spacial score (nSPS) is 9.31. The number of carboxylic acid groups (broad SMARTS) is 2. The van der Waals surface area contributed by atoms with Crippen molar-refractivity contribution in [1.29, 1.82) is 0 Å². The highest BCUT2D eigenvalue weighted by atomic mass is 35.5. The van der Waals surface area contributed by atoms with E-state index in [4.69, 9.17) is 36.1 Å². The molecule has 0 atom stereocenters. The second-order valence-corrected chi connectivity index (χ2v) is 5.24. The summed E-state index contributed by atoms with van der Waals surface area (Å²) < 4.78 is 5.59. The Morgan fingerprint density at radius 2 is 1.81 bits per heavy atom. The topological polar surface area (TPSA) is 140 Å². The molecule has 1 aromatic heterocycles. The zero-order valence-corrected chi connectivity index (χ0v) is 14.9. The molecule has 1 heterocycles. The molecule has 1 aromatic carbocycles. The molecule has 0 bridgehead atoms. The highest BCUT2D eigenvalue weighted by Crippen LogP contribution is 2.22. The van der Waals surface area contributed by atoms with E-state index in [0.717, 1.165) is 24.5 Å². The van der Waals surface area contributed by atoms with E-state index in [0.29, 0.717) is 11.6 Å². The molecular formula is C17H21ClN2O6. The summed E-state index contributed by atoms with van der Waals surface area (Å²) in [7, 11) is 0. The van der Waals surface area contributed by atoms with Gasteiger partial charge in [0.05, 0.1) is 10.7 Å². The highest BCUT2D eigenvalue weighted by Gasteiger charge is 2.04. The molecule has 0 aliphatic heterocycles. The molecule has 2 rings (SSSR count). The van der Waals surface area contributed by atoms with Crippen molar-refractivity contribution in [2.45, 2.75) is 13.5 Å². The minimum absolute atomic E-state index is 0. The molecule has 5 N–H and O–H groups in total. The number of nitrogens with zero attached hydrogens (tertiary/aromatic N) is 1. The number of carbonyl (C=O) groups is 2. The van der Waals surface area contributed by atoms with Crippen LogP contribution >= 0.6 is 11.6 Å². The largest absolute Gasteiger partial charge is 0.491 e. The molecule has 0 amide bonds. The summed E-state index contributed by atoms with van der Waals surface area (Å²) in [5.41, 5.74) is 2.27. The number of halogens is 1. The number of nitrogens with one attached hydrogen (secondary N) is 1. The first-order chi connectivity index (χ1) is 11.9. The van der Waals surface area contributed by atoms with Gasteiger partial charge in [0.1, 0.15) is 12.4 Å². The number of aryl methyl sites for hydroxylation is 1. The number of rotatable bonds is 6. The Morgan fingerprint density at radius 1 is 1.15 bits per heavy atom. The molecule has 0 aliphatic carbocycles. The number of ether oxygens (including phenoxy) is 1. The summed E-state index contributed by atoms with van der Waals surface area (Å²) in [6.45, 7) is 4.14. The van der Waals surface area contributed by atoms with Crippen molar-refractivity contribution >= 4 is 23.5 Å². The van der Waals surface area contributed by atoms with Crippen LogP contribution in [0.25, 0.3) is 0 Å². The first-order valence-corrected chi connectivity index (χ1v) is 7.74. The number of para-hydroxylation sites is 1. The van der Waals surface area contributed by atoms with Crippen molar-refractivity contribution in [3.8, 4) is 5.75 Å². The van der Waals surface area contributed by atoms with Crippen LogP contribution in [-0.2, 0) is 16.1 Å². The lowest BCUT2D eigenvalue weighted by Crippen LogP contribution is -2.21. The molecule has 0 saturated heterocycles. The van der Waals surface area contributed by atoms with E-state index >= 15 is 0 Å². The van der Waals surface area contributed by atoms with E-state index in [-0.39, 0.29) is 5.48 Å². The summed E-state index contributed by atoms with van der Waals surface area (Å²) in [6, 6.07) is 11.5. The fourth-order valence-electron chi connectivity index (χ4n) is 1.71. The molecule has 9 heteroatoms. The third kappa shape index (κ3) is 8.97. The van der Waals surface area contributed by atoms with Gasteiger partial charge in [0.2, 0.25) is 0 Å². The van der Waals surface area contributed by atoms with Crippen LogP contribution in [0, 0.1) is 6.92 Å². The fraction of sp³-hybridized carbons (Fsp3) is 0.235. The lowest BCUT2D eigenvalue weighted by Gasteiger charge is -2.09. The van der Waals surface area contributed by atoms with Gasteiger partial charge in [-0.05, 0) is 30.7 Å². The van der Waals surface area contributed by atoms with Crippen LogP contribution in [0.5, 0.6) is 5.75 Å². The van der Waals surface area contributed by atoms with Crippen molar-refractivity contribution < 1.29 is 30.0 Å². The number of aliphatic carboxylic acids is 2. The molecule has 0 saturated carbocycles. The first kappa shape index (κ1) is 23.3. The maximum Gasteiger partial charge on any atom is 0.414 e. The van der Waals surface area contributed by atoms with Gasteiger partial charge in [-0.3, -0.25) is 4.98 Å². The maximum atomic E-state index is 9.10. The minimum Gasteiger partial charge on any atom is -0.491 e. The summed E-state index contributed by atoms with van der Waals surface area (Å²) in [5.74, 6) is -2.93. The van der Waals surface area contributed by atoms with Crippen molar-refractivity contribution in [1.82, 2.24) is 10.3 Å². The van der Waals surface area contributed by atoms with Crippen LogP contribution in [-0.4, -0.2) is 45.8 Å². The SMILES string of the molecule is Cc1cccnc1CNCCOc1ccccc1Cl.O.O=C(O)C(=O)O. The van der Waals surface area contributed by atoms with Gasteiger partial charge in [0.25, 0.3) is 0 Å². The number of benzene rings is 1. The Labute approximate surface area is 155 Å². The number of hydrogen-bond acceptors (Lipinski definition) is 5. The maximum absolute atomic E-state index is 9.10. The standard InChI is InChI=1S/C15H17ClN2O.C2H2O4.H2O/c1-12-5-4-8-18-14(12)11-17-9-10-19-15-7-3-2-6-13(15)16;3-1(4)2(5)6;/h2-8,17H,9-11H2,1H3;(H,3,4)(H,5,6);1H2. The highest BCUT2D eigenvalue weighted by molar-refractivity contribution is 6.32. The smallest absolute Gasteiger partial charge is 0.414 e. The van der Waals surface area contributed by atoms with Crippen LogP contribution in [0.1, 0.15) is 11.3 Å². The van der Waals surface area contributed by atoms with Gasteiger partial charge >= 0.3 is 11.9 Å². The Hall–Kier alpha value is -2.68. The lowest BCUT2D eigenvalue weighted by molar-refractivity contribution is -0.159. The van der Waals surface area contributed by atoms with Gasteiger partial charge in [0, 0.05) is 19.3 Å². The van der Waals surface area contributed by atoms with Crippen molar-refractivity contribution in [3.63, 3.8) is 0 Å². The molecule has 0 unspecified atom stereocenters. The van der Waals surface area contributed by atoms with Gasteiger partial charge in [-0.1, -0.05) is 29.8 Å². The van der Waals surface area contributed by atoms with Crippen LogP contribution in [0.15, 0.2) is 42.6 Å². The number of hydrogen-bond donors (Lipinski definition) is 3. The van der Waals surface area contributed by atoms with E-state index in [1.807, 2.05) is 36.5 Å². The number of carboxylic acids is 2. The minimum atomic E-state index is -1.82. The monoisotopic (exact) mass is 384 g/mol. The Balaban J connectivity index is 0.000000777. The third-order valence-electron chi connectivity index (χ3n) is 2.97. The lowest BCUT2D eigenvalue weighted by atomic mass is 10.2. The Kier molecular flexibility index (Phi) is 11.3. The molecule has 26 heavy (non-hydrogen) atoms. The van der Waals surface area contributed by atoms with Crippen molar-refractivity contribution in [2.75, 3.05) is 13.2 Å². The van der Waals surface area contributed by atoms with Gasteiger partial charge in [0.15, 0.2) is 0 Å². The molecular weight excluding hydrogens is 364 g/mol. The van der Waals surface area contributed by atoms with Gasteiger partial charge in [-0.2, -0.15) is 0 Å². The van der Waals surface area contributed by atoms with E-state index in [1.54, 1.807) is 0 Å². The summed E-state index contributed by atoms with van der Waals surface area (Å²) >= 11 is 6.00.